The Balaban J connectivity index is 1.66. The van der Waals surface area contributed by atoms with E-state index in [-0.39, 0.29) is 5.91 Å². The highest BCUT2D eigenvalue weighted by atomic mass is 32.2. The first kappa shape index (κ1) is 17.9. The minimum Gasteiger partial charge on any atom is -0.496 e. The third kappa shape index (κ3) is 4.38. The molecule has 6 heteroatoms. The monoisotopic (exact) mass is 360 g/mol. The van der Waals surface area contributed by atoms with Gasteiger partial charge in [-0.3, -0.25) is 9.69 Å². The summed E-state index contributed by atoms with van der Waals surface area (Å²) < 4.78 is 10.9. The molecule has 134 valence electrons. The van der Waals surface area contributed by atoms with Gasteiger partial charge in [0, 0.05) is 31.1 Å². The van der Waals surface area contributed by atoms with Gasteiger partial charge < -0.3 is 14.1 Å². The molecule has 1 aliphatic heterocycles. The zero-order valence-electron chi connectivity index (χ0n) is 14.7. The summed E-state index contributed by atoms with van der Waals surface area (Å²) in [4.78, 5) is 18.3. The average molecular weight is 360 g/mol. The van der Waals surface area contributed by atoms with Gasteiger partial charge in [0.15, 0.2) is 0 Å². The number of amides is 1. The molecule has 25 heavy (non-hydrogen) atoms. The molecule has 1 saturated heterocycles. The number of carbonyl (C=O) groups is 1. The maximum atomic E-state index is 13.0. The fraction of sp³-hybridized carbons (Fsp3) is 0.421. The van der Waals surface area contributed by atoms with E-state index in [0.717, 1.165) is 43.3 Å². The van der Waals surface area contributed by atoms with Gasteiger partial charge in [0.2, 0.25) is 0 Å². The number of methoxy groups -OCH3 is 1. The van der Waals surface area contributed by atoms with Crippen molar-refractivity contribution in [2.45, 2.75) is 17.9 Å². The van der Waals surface area contributed by atoms with Gasteiger partial charge in [-0.05, 0) is 43.0 Å². The Hall–Kier alpha value is -1.92. The van der Waals surface area contributed by atoms with Crippen LogP contribution >= 0.6 is 11.8 Å². The zero-order chi connectivity index (χ0) is 17.6. The Kier molecular flexibility index (Phi) is 6.04. The highest BCUT2D eigenvalue weighted by molar-refractivity contribution is 7.98. The number of rotatable bonds is 5. The Labute approximate surface area is 152 Å². The van der Waals surface area contributed by atoms with E-state index in [1.165, 1.54) is 0 Å². The normalized spacial score (nSPS) is 15.8. The average Bonchev–Trinajstić information content (AvgIpc) is 3.04. The van der Waals surface area contributed by atoms with Gasteiger partial charge in [-0.15, -0.1) is 11.8 Å². The molecule has 2 heterocycles. The van der Waals surface area contributed by atoms with Crippen LogP contribution in [-0.4, -0.2) is 55.3 Å². The molecule has 0 aliphatic carbocycles. The summed E-state index contributed by atoms with van der Waals surface area (Å²) in [5.41, 5.74) is 0.639. The summed E-state index contributed by atoms with van der Waals surface area (Å²) in [6.07, 6.45) is 4.67. The number of nitrogens with zero attached hydrogens (tertiary/aromatic N) is 2. The lowest BCUT2D eigenvalue weighted by Crippen LogP contribution is -2.35. The minimum absolute atomic E-state index is 0.0457. The van der Waals surface area contributed by atoms with E-state index >= 15 is 0 Å². The van der Waals surface area contributed by atoms with Gasteiger partial charge in [-0.2, -0.15) is 0 Å². The highest BCUT2D eigenvalue weighted by Crippen LogP contribution is 2.26. The largest absolute Gasteiger partial charge is 0.496 e. The zero-order valence-corrected chi connectivity index (χ0v) is 15.6. The van der Waals surface area contributed by atoms with Crippen LogP contribution in [0.25, 0.3) is 0 Å². The van der Waals surface area contributed by atoms with Crippen LogP contribution in [0, 0.1) is 0 Å². The van der Waals surface area contributed by atoms with Gasteiger partial charge in [0.05, 0.1) is 25.5 Å². The van der Waals surface area contributed by atoms with Crippen LogP contribution in [0.5, 0.6) is 5.75 Å². The summed E-state index contributed by atoms with van der Waals surface area (Å²) in [6.45, 7) is 4.08. The second-order valence-corrected chi connectivity index (χ2v) is 6.95. The molecular weight excluding hydrogens is 336 g/mol. The molecule has 0 atom stereocenters. The first-order chi connectivity index (χ1) is 12.2. The van der Waals surface area contributed by atoms with Crippen LogP contribution in [0.1, 0.15) is 22.5 Å². The highest BCUT2D eigenvalue weighted by Gasteiger charge is 2.23. The molecule has 0 spiro atoms. The molecule has 1 aromatic heterocycles. The van der Waals surface area contributed by atoms with Gasteiger partial charge >= 0.3 is 0 Å². The Morgan fingerprint density at radius 3 is 2.84 bits per heavy atom. The van der Waals surface area contributed by atoms with E-state index in [2.05, 4.69) is 4.90 Å². The van der Waals surface area contributed by atoms with Gasteiger partial charge in [0.1, 0.15) is 11.5 Å². The van der Waals surface area contributed by atoms with Crippen molar-refractivity contribution in [3.05, 3.63) is 47.9 Å². The van der Waals surface area contributed by atoms with Gasteiger partial charge in [-0.25, -0.2) is 0 Å². The molecule has 1 amide bonds. The first-order valence-corrected chi connectivity index (χ1v) is 9.70. The summed E-state index contributed by atoms with van der Waals surface area (Å²) in [7, 11) is 1.61. The van der Waals surface area contributed by atoms with E-state index in [1.807, 2.05) is 41.5 Å². The predicted octanol–water partition coefficient (Wildman–Crippen LogP) is 3.36. The SMILES string of the molecule is COc1cc(SC)ccc1C(=O)N1CCCN(Cc2ccco2)CC1. The summed E-state index contributed by atoms with van der Waals surface area (Å²) in [5, 5.41) is 0. The van der Waals surface area contributed by atoms with Crippen molar-refractivity contribution in [3.8, 4) is 5.75 Å². The van der Waals surface area contributed by atoms with Crippen molar-refractivity contribution in [1.82, 2.24) is 9.80 Å². The fourth-order valence-corrected chi connectivity index (χ4v) is 3.53. The number of furan rings is 1. The number of benzene rings is 1. The standard InChI is InChI=1S/C19H24N2O3S/c1-23-18-13-16(25-2)6-7-17(18)19(22)21-9-4-8-20(10-11-21)14-15-5-3-12-24-15/h3,5-7,12-13H,4,8-11,14H2,1-2H3. The Morgan fingerprint density at radius 2 is 2.12 bits per heavy atom. The molecule has 2 aromatic rings. The summed E-state index contributed by atoms with van der Waals surface area (Å²) >= 11 is 1.64. The lowest BCUT2D eigenvalue weighted by molar-refractivity contribution is 0.0757. The third-order valence-electron chi connectivity index (χ3n) is 4.47. The lowest BCUT2D eigenvalue weighted by Gasteiger charge is -2.22. The molecule has 1 fully saturated rings. The van der Waals surface area contributed by atoms with Crippen LogP contribution in [-0.2, 0) is 6.54 Å². The van der Waals surface area contributed by atoms with E-state index < -0.39 is 0 Å². The molecule has 0 bridgehead atoms. The minimum atomic E-state index is 0.0457. The van der Waals surface area contributed by atoms with Crippen molar-refractivity contribution < 1.29 is 13.9 Å². The summed E-state index contributed by atoms with van der Waals surface area (Å²) in [6, 6.07) is 9.68. The molecule has 0 radical (unpaired) electrons. The smallest absolute Gasteiger partial charge is 0.257 e. The second-order valence-electron chi connectivity index (χ2n) is 6.07. The van der Waals surface area contributed by atoms with Gasteiger partial charge in [-0.1, -0.05) is 0 Å². The maximum absolute atomic E-state index is 13.0. The number of carbonyl (C=O) groups excluding carboxylic acids is 1. The van der Waals surface area contributed by atoms with Crippen LogP contribution in [0.2, 0.25) is 0 Å². The Bertz CT molecular complexity index is 703. The topological polar surface area (TPSA) is 45.9 Å². The molecule has 1 aliphatic rings. The first-order valence-electron chi connectivity index (χ1n) is 8.47. The maximum Gasteiger partial charge on any atom is 0.257 e. The molecule has 5 nitrogen and oxygen atoms in total. The van der Waals surface area contributed by atoms with Gasteiger partial charge in [0.25, 0.3) is 5.91 Å². The molecule has 0 saturated carbocycles. The number of thioether (sulfide) groups is 1. The van der Waals surface area contributed by atoms with Crippen LogP contribution in [0.4, 0.5) is 0 Å². The number of hydrogen-bond acceptors (Lipinski definition) is 5. The molecular formula is C19H24N2O3S. The van der Waals surface area contributed by atoms with Crippen LogP contribution in [0.3, 0.4) is 0 Å². The Morgan fingerprint density at radius 1 is 1.24 bits per heavy atom. The predicted molar refractivity (Wildman–Crippen MR) is 99.3 cm³/mol. The van der Waals surface area contributed by atoms with E-state index in [0.29, 0.717) is 17.9 Å². The third-order valence-corrected chi connectivity index (χ3v) is 5.20. The molecule has 3 rings (SSSR count). The van der Waals surface area contributed by atoms with E-state index in [9.17, 15) is 4.79 Å². The van der Waals surface area contributed by atoms with E-state index in [1.54, 1.807) is 25.1 Å². The van der Waals surface area contributed by atoms with Crippen LogP contribution < -0.4 is 4.74 Å². The van der Waals surface area contributed by atoms with Crippen molar-refractivity contribution in [2.24, 2.45) is 0 Å². The van der Waals surface area contributed by atoms with Crippen molar-refractivity contribution >= 4 is 17.7 Å². The fourth-order valence-electron chi connectivity index (χ4n) is 3.10. The molecule has 1 aromatic carbocycles. The summed E-state index contributed by atoms with van der Waals surface area (Å²) in [5.74, 6) is 1.66. The van der Waals surface area contributed by atoms with Crippen molar-refractivity contribution in [2.75, 3.05) is 39.5 Å². The van der Waals surface area contributed by atoms with Crippen LogP contribution in [0.15, 0.2) is 45.9 Å². The second kappa shape index (κ2) is 8.45. The lowest BCUT2D eigenvalue weighted by atomic mass is 10.1. The molecule has 0 unspecified atom stereocenters. The number of ether oxygens (including phenoxy) is 1. The van der Waals surface area contributed by atoms with E-state index in [4.69, 9.17) is 9.15 Å². The number of hydrogen-bond donors (Lipinski definition) is 0. The van der Waals surface area contributed by atoms with Crippen molar-refractivity contribution in [3.63, 3.8) is 0 Å². The molecule has 0 N–H and O–H groups in total. The quantitative estimate of drug-likeness (QED) is 0.765. The van der Waals surface area contributed by atoms with Crippen molar-refractivity contribution in [1.29, 1.82) is 0 Å².